The lowest BCUT2D eigenvalue weighted by molar-refractivity contribution is 0.115. The predicted molar refractivity (Wildman–Crippen MR) is 49.4 cm³/mol. The van der Waals surface area contributed by atoms with Gasteiger partial charge in [-0.3, -0.25) is 0 Å². The molecule has 0 radical (unpaired) electrons. The monoisotopic (exact) mass is 176 g/mol. The normalized spacial score (nSPS) is 13.4. The van der Waals surface area contributed by atoms with Gasteiger partial charge in [0.15, 0.2) is 0 Å². The molecular formula is C10H12N2O. The zero-order valence-corrected chi connectivity index (χ0v) is 7.44. The third-order valence-corrected chi connectivity index (χ3v) is 1.50. The molecule has 0 fully saturated rings. The first-order chi connectivity index (χ1) is 6.28. The van der Waals surface area contributed by atoms with Gasteiger partial charge in [-0.15, -0.1) is 13.2 Å². The van der Waals surface area contributed by atoms with E-state index in [-0.39, 0.29) is 25.0 Å². The highest BCUT2D eigenvalue weighted by atomic mass is 16.5. The van der Waals surface area contributed by atoms with Crippen LogP contribution < -0.4 is 0 Å². The molecule has 0 aliphatic heterocycles. The van der Waals surface area contributed by atoms with E-state index in [9.17, 15) is 0 Å². The van der Waals surface area contributed by atoms with Crippen LogP contribution in [0.15, 0.2) is 25.3 Å². The maximum absolute atomic E-state index is 8.52. The summed E-state index contributed by atoms with van der Waals surface area (Å²) >= 11 is 0. The van der Waals surface area contributed by atoms with Crippen molar-refractivity contribution in [3.63, 3.8) is 0 Å². The summed E-state index contributed by atoms with van der Waals surface area (Å²) in [6.07, 6.45) is 3.05. The quantitative estimate of drug-likeness (QED) is 0.578. The Kier molecular flexibility index (Phi) is 6.23. The minimum atomic E-state index is -0.302. The highest BCUT2D eigenvalue weighted by Crippen LogP contribution is 2.00. The third-order valence-electron chi connectivity index (χ3n) is 1.50. The molecule has 0 spiro atoms. The Balaban J connectivity index is 3.68. The number of hydrogen-bond acceptors (Lipinski definition) is 3. The van der Waals surface area contributed by atoms with Crippen LogP contribution in [0.3, 0.4) is 0 Å². The predicted octanol–water partition coefficient (Wildman–Crippen LogP) is 1.65. The van der Waals surface area contributed by atoms with Crippen LogP contribution in [0.1, 0.15) is 0 Å². The van der Waals surface area contributed by atoms with Gasteiger partial charge in [0.05, 0.1) is 37.2 Å². The van der Waals surface area contributed by atoms with Crippen LogP contribution in [-0.4, -0.2) is 13.2 Å². The van der Waals surface area contributed by atoms with E-state index in [1.54, 1.807) is 0 Å². The molecule has 3 heteroatoms. The molecule has 3 nitrogen and oxygen atoms in total. The lowest BCUT2D eigenvalue weighted by atomic mass is 10.2. The molecule has 68 valence electrons. The summed E-state index contributed by atoms with van der Waals surface area (Å²) in [7, 11) is 0. The van der Waals surface area contributed by atoms with Crippen molar-refractivity contribution >= 4 is 0 Å². The average Bonchev–Trinajstić information content (AvgIpc) is 2.19. The minimum absolute atomic E-state index is 0.284. The van der Waals surface area contributed by atoms with Crippen molar-refractivity contribution in [1.29, 1.82) is 10.5 Å². The topological polar surface area (TPSA) is 56.8 Å². The lowest BCUT2D eigenvalue weighted by Gasteiger charge is -2.06. The third kappa shape index (κ3) is 4.79. The zero-order chi connectivity index (χ0) is 10.1. The number of nitriles is 2. The van der Waals surface area contributed by atoms with Crippen molar-refractivity contribution in [2.24, 2.45) is 11.8 Å². The van der Waals surface area contributed by atoms with Crippen LogP contribution >= 0.6 is 0 Å². The second-order valence-corrected chi connectivity index (χ2v) is 2.48. The molecule has 0 bridgehead atoms. The summed E-state index contributed by atoms with van der Waals surface area (Å²) in [6, 6.07) is 4.02. The van der Waals surface area contributed by atoms with Crippen molar-refractivity contribution in [1.82, 2.24) is 0 Å². The average molecular weight is 176 g/mol. The summed E-state index contributed by atoms with van der Waals surface area (Å²) in [5, 5.41) is 17.0. The molecule has 2 atom stereocenters. The van der Waals surface area contributed by atoms with Gasteiger partial charge in [0.2, 0.25) is 0 Å². The molecule has 2 unspecified atom stereocenters. The van der Waals surface area contributed by atoms with Crippen LogP contribution in [0.25, 0.3) is 0 Å². The first kappa shape index (κ1) is 11.4. The molecule has 0 aliphatic carbocycles. The Morgan fingerprint density at radius 3 is 1.69 bits per heavy atom. The smallest absolute Gasteiger partial charge is 0.0874 e. The maximum atomic E-state index is 8.52. The minimum Gasteiger partial charge on any atom is -0.378 e. The first-order valence-electron chi connectivity index (χ1n) is 3.90. The van der Waals surface area contributed by atoms with E-state index in [0.717, 1.165) is 0 Å². The molecule has 0 saturated heterocycles. The zero-order valence-electron chi connectivity index (χ0n) is 7.44. The Morgan fingerprint density at radius 2 is 1.46 bits per heavy atom. The van der Waals surface area contributed by atoms with Gasteiger partial charge in [0.25, 0.3) is 0 Å². The standard InChI is InChI=1S/C10H12N2O/c1-3-9(5-11)7-13-8-10(4-2)6-12/h3-4,9-10H,1-2,7-8H2. The van der Waals surface area contributed by atoms with E-state index in [1.807, 2.05) is 12.1 Å². The molecule has 0 aromatic carbocycles. The second kappa shape index (κ2) is 7.09. The molecule has 0 aliphatic rings. The summed E-state index contributed by atoms with van der Waals surface area (Å²) < 4.78 is 5.13. The van der Waals surface area contributed by atoms with Gasteiger partial charge >= 0.3 is 0 Å². The van der Waals surface area contributed by atoms with Gasteiger partial charge in [-0.1, -0.05) is 12.2 Å². The van der Waals surface area contributed by atoms with Crippen molar-refractivity contribution in [2.45, 2.75) is 0 Å². The summed E-state index contributed by atoms with van der Waals surface area (Å²) in [6.45, 7) is 7.53. The van der Waals surface area contributed by atoms with E-state index < -0.39 is 0 Å². The molecule has 0 amide bonds. The lowest BCUT2D eigenvalue weighted by Crippen LogP contribution is -2.10. The summed E-state index contributed by atoms with van der Waals surface area (Å²) in [5.41, 5.74) is 0. The Morgan fingerprint density at radius 1 is 1.08 bits per heavy atom. The number of hydrogen-bond donors (Lipinski definition) is 0. The summed E-state index contributed by atoms with van der Waals surface area (Å²) in [5.74, 6) is -0.603. The molecule has 0 aromatic heterocycles. The van der Waals surface area contributed by atoms with E-state index in [4.69, 9.17) is 15.3 Å². The van der Waals surface area contributed by atoms with Crippen molar-refractivity contribution in [3.05, 3.63) is 25.3 Å². The van der Waals surface area contributed by atoms with Crippen LogP contribution in [0.4, 0.5) is 0 Å². The van der Waals surface area contributed by atoms with Gasteiger partial charge in [0, 0.05) is 0 Å². The number of rotatable bonds is 6. The molecule has 0 heterocycles. The molecular weight excluding hydrogens is 164 g/mol. The van der Waals surface area contributed by atoms with E-state index >= 15 is 0 Å². The molecule has 0 aromatic rings. The van der Waals surface area contributed by atoms with E-state index in [0.29, 0.717) is 0 Å². The van der Waals surface area contributed by atoms with Crippen LogP contribution in [0, 0.1) is 34.5 Å². The highest BCUT2D eigenvalue weighted by molar-refractivity contribution is 4.97. The number of ether oxygens (including phenoxy) is 1. The van der Waals surface area contributed by atoms with Crippen LogP contribution in [0.2, 0.25) is 0 Å². The van der Waals surface area contributed by atoms with Gasteiger partial charge in [-0.05, 0) is 0 Å². The fourth-order valence-electron chi connectivity index (χ4n) is 0.638. The Hall–Kier alpha value is -1.58. The second-order valence-electron chi connectivity index (χ2n) is 2.48. The van der Waals surface area contributed by atoms with Gasteiger partial charge in [0.1, 0.15) is 0 Å². The van der Waals surface area contributed by atoms with Gasteiger partial charge in [-0.2, -0.15) is 10.5 Å². The van der Waals surface area contributed by atoms with E-state index in [2.05, 4.69) is 13.2 Å². The van der Waals surface area contributed by atoms with Crippen LogP contribution in [-0.2, 0) is 4.74 Å². The largest absolute Gasteiger partial charge is 0.378 e. The van der Waals surface area contributed by atoms with Crippen LogP contribution in [0.5, 0.6) is 0 Å². The number of nitrogens with zero attached hydrogens (tertiary/aromatic N) is 2. The fourth-order valence-corrected chi connectivity index (χ4v) is 0.638. The summed E-state index contributed by atoms with van der Waals surface area (Å²) in [4.78, 5) is 0. The SMILES string of the molecule is C=CC(C#N)COCC(C#N)C=C. The maximum Gasteiger partial charge on any atom is 0.0874 e. The van der Waals surface area contributed by atoms with E-state index in [1.165, 1.54) is 12.2 Å². The fraction of sp³-hybridized carbons (Fsp3) is 0.400. The van der Waals surface area contributed by atoms with Crippen molar-refractivity contribution in [3.8, 4) is 12.1 Å². The molecule has 0 N–H and O–H groups in total. The Bertz CT molecular complexity index is 221. The first-order valence-corrected chi connectivity index (χ1v) is 3.90. The molecule has 13 heavy (non-hydrogen) atoms. The highest BCUT2D eigenvalue weighted by Gasteiger charge is 2.05. The van der Waals surface area contributed by atoms with Gasteiger partial charge in [-0.25, -0.2) is 0 Å². The Labute approximate surface area is 78.5 Å². The van der Waals surface area contributed by atoms with Gasteiger partial charge < -0.3 is 4.74 Å². The van der Waals surface area contributed by atoms with Crippen molar-refractivity contribution in [2.75, 3.05) is 13.2 Å². The molecule has 0 rings (SSSR count). The molecule has 0 saturated carbocycles. The van der Waals surface area contributed by atoms with Crippen molar-refractivity contribution < 1.29 is 4.74 Å².